The van der Waals surface area contributed by atoms with Crippen molar-refractivity contribution in [3.05, 3.63) is 47.0 Å². The van der Waals surface area contributed by atoms with Gasteiger partial charge in [-0.1, -0.05) is 17.7 Å². The Bertz CT molecular complexity index is 1260. The van der Waals surface area contributed by atoms with Crippen LogP contribution in [0.15, 0.2) is 36.4 Å². The minimum absolute atomic E-state index is 0.137. The van der Waals surface area contributed by atoms with E-state index in [2.05, 4.69) is 21.6 Å². The van der Waals surface area contributed by atoms with Crippen LogP contribution in [0.3, 0.4) is 0 Å². The first-order valence-corrected chi connectivity index (χ1v) is 10.6. The highest BCUT2D eigenvalue weighted by Gasteiger charge is 2.39. The number of benzene rings is 2. The molecule has 1 fully saturated rings. The molecule has 8 nitrogen and oxygen atoms in total. The lowest BCUT2D eigenvalue weighted by Crippen LogP contribution is -2.54. The van der Waals surface area contributed by atoms with Crippen LogP contribution in [-0.2, 0) is 4.79 Å². The lowest BCUT2D eigenvalue weighted by atomic mass is 9.84. The molecule has 4 rings (SSSR count). The number of anilines is 1. The average Bonchev–Trinajstić information content (AvgIpc) is 3.15. The largest absolute Gasteiger partial charge is 0.465 e. The quantitative estimate of drug-likeness (QED) is 0.524. The number of nitriles is 1. The van der Waals surface area contributed by atoms with Crippen molar-refractivity contribution in [1.82, 2.24) is 15.1 Å². The number of carboxylic acid groups (broad SMARTS) is 1. The van der Waals surface area contributed by atoms with Gasteiger partial charge in [-0.2, -0.15) is 10.4 Å². The molecular weight excluding hydrogens is 430 g/mol. The van der Waals surface area contributed by atoms with Crippen LogP contribution < -0.4 is 5.32 Å². The predicted molar refractivity (Wildman–Crippen MR) is 121 cm³/mol. The van der Waals surface area contributed by atoms with Crippen molar-refractivity contribution in [2.45, 2.75) is 32.2 Å². The van der Waals surface area contributed by atoms with Crippen LogP contribution in [-0.4, -0.2) is 44.3 Å². The molecular formula is C23H22ClN5O3. The zero-order chi connectivity index (χ0) is 23.0. The molecule has 164 valence electrons. The second kappa shape index (κ2) is 8.17. The third kappa shape index (κ3) is 3.99. The van der Waals surface area contributed by atoms with Gasteiger partial charge in [0.25, 0.3) is 0 Å². The van der Waals surface area contributed by atoms with E-state index in [4.69, 9.17) is 11.6 Å². The van der Waals surface area contributed by atoms with Crippen LogP contribution in [0.4, 0.5) is 10.6 Å². The van der Waals surface area contributed by atoms with Gasteiger partial charge in [-0.15, -0.1) is 0 Å². The van der Waals surface area contributed by atoms with Crippen LogP contribution >= 0.6 is 11.6 Å². The zero-order valence-corrected chi connectivity index (χ0v) is 18.4. The van der Waals surface area contributed by atoms with Crippen molar-refractivity contribution < 1.29 is 14.7 Å². The van der Waals surface area contributed by atoms with Gasteiger partial charge in [0.1, 0.15) is 0 Å². The summed E-state index contributed by atoms with van der Waals surface area (Å²) in [5.74, 6) is -0.364. The Labute approximate surface area is 189 Å². The normalized spacial score (nSPS) is 17.7. The fourth-order valence-electron chi connectivity index (χ4n) is 4.08. The number of nitrogens with one attached hydrogen (secondary N) is 2. The Morgan fingerprint density at radius 1 is 1.31 bits per heavy atom. The molecule has 0 bridgehead atoms. The van der Waals surface area contributed by atoms with Gasteiger partial charge in [0, 0.05) is 28.1 Å². The van der Waals surface area contributed by atoms with Gasteiger partial charge >= 0.3 is 6.09 Å². The lowest BCUT2D eigenvalue weighted by molar-refractivity contribution is -0.122. The van der Waals surface area contributed by atoms with Crippen molar-refractivity contribution in [2.24, 2.45) is 5.92 Å². The molecule has 0 radical (unpaired) electrons. The molecule has 2 heterocycles. The number of hydrogen-bond donors (Lipinski definition) is 3. The Balaban J connectivity index is 1.61. The molecule has 2 aromatic carbocycles. The smallest absolute Gasteiger partial charge is 0.407 e. The maximum atomic E-state index is 12.9. The molecule has 0 aliphatic carbocycles. The number of likely N-dealkylation sites (tertiary alicyclic amines) is 1. The van der Waals surface area contributed by atoms with Crippen LogP contribution in [0.2, 0.25) is 5.02 Å². The third-order valence-electron chi connectivity index (χ3n) is 6.05. The first kappa shape index (κ1) is 21.7. The highest BCUT2D eigenvalue weighted by atomic mass is 35.5. The molecule has 9 heteroatoms. The molecule has 0 spiro atoms. The number of aromatic amines is 1. The summed E-state index contributed by atoms with van der Waals surface area (Å²) in [7, 11) is 0. The van der Waals surface area contributed by atoms with Crippen LogP contribution in [0.5, 0.6) is 0 Å². The van der Waals surface area contributed by atoms with E-state index in [0.29, 0.717) is 40.2 Å². The Kier molecular flexibility index (Phi) is 5.53. The molecule has 0 saturated carbocycles. The van der Waals surface area contributed by atoms with E-state index < -0.39 is 17.6 Å². The fourth-order valence-corrected chi connectivity index (χ4v) is 4.31. The Morgan fingerprint density at radius 2 is 2.09 bits per heavy atom. The second-order valence-corrected chi connectivity index (χ2v) is 8.98. The number of piperidine rings is 1. The number of fused-ring (bicyclic) bond motifs is 1. The zero-order valence-electron chi connectivity index (χ0n) is 17.6. The van der Waals surface area contributed by atoms with E-state index >= 15 is 0 Å². The molecule has 2 amide bonds. The highest BCUT2D eigenvalue weighted by Crippen LogP contribution is 2.34. The molecule has 1 atom stereocenters. The third-order valence-corrected chi connectivity index (χ3v) is 6.38. The van der Waals surface area contributed by atoms with E-state index in [1.54, 1.807) is 18.2 Å². The second-order valence-electron chi connectivity index (χ2n) is 8.57. The van der Waals surface area contributed by atoms with E-state index in [0.717, 1.165) is 11.1 Å². The van der Waals surface area contributed by atoms with E-state index in [-0.39, 0.29) is 12.5 Å². The van der Waals surface area contributed by atoms with Crippen molar-refractivity contribution in [1.29, 1.82) is 5.26 Å². The van der Waals surface area contributed by atoms with Crippen LogP contribution in [0.1, 0.15) is 32.3 Å². The van der Waals surface area contributed by atoms with Crippen molar-refractivity contribution in [2.75, 3.05) is 11.9 Å². The van der Waals surface area contributed by atoms with Crippen LogP contribution in [0.25, 0.3) is 22.0 Å². The molecule has 1 aliphatic rings. The summed E-state index contributed by atoms with van der Waals surface area (Å²) in [6, 6.07) is 12.7. The van der Waals surface area contributed by atoms with Gasteiger partial charge in [0.15, 0.2) is 5.82 Å². The van der Waals surface area contributed by atoms with Crippen molar-refractivity contribution >= 4 is 40.3 Å². The van der Waals surface area contributed by atoms with Gasteiger partial charge < -0.3 is 15.3 Å². The molecule has 3 aromatic rings. The van der Waals surface area contributed by atoms with Crippen molar-refractivity contribution in [3.63, 3.8) is 0 Å². The number of carbonyl (C=O) groups is 2. The number of aromatic nitrogens is 2. The van der Waals surface area contributed by atoms with Gasteiger partial charge in [-0.3, -0.25) is 9.89 Å². The summed E-state index contributed by atoms with van der Waals surface area (Å²) in [5.41, 5.74) is 2.21. The number of carbonyl (C=O) groups excluding carboxylic acids is 1. The molecule has 1 saturated heterocycles. The predicted octanol–water partition coefficient (Wildman–Crippen LogP) is 4.86. The number of nitrogens with zero attached hydrogens (tertiary/aromatic N) is 3. The SMILES string of the molecule is CC1(C)CCC(C(=O)Nc2n[nH]c3ccc(-c4cc(C#N)ccc4Cl)cc23)CN1C(=O)O. The van der Waals surface area contributed by atoms with Gasteiger partial charge in [-0.25, -0.2) is 4.79 Å². The molecule has 3 N–H and O–H groups in total. The number of amides is 2. The fraction of sp³-hybridized carbons (Fsp3) is 0.304. The number of H-pyrrole nitrogens is 1. The molecule has 1 unspecified atom stereocenters. The van der Waals surface area contributed by atoms with E-state index in [1.807, 2.05) is 32.0 Å². The summed E-state index contributed by atoms with van der Waals surface area (Å²) in [6.07, 6.45) is 0.155. The van der Waals surface area contributed by atoms with Crippen molar-refractivity contribution in [3.8, 4) is 17.2 Å². The topological polar surface area (TPSA) is 122 Å². The first-order valence-electron chi connectivity index (χ1n) is 10.2. The van der Waals surface area contributed by atoms with Gasteiger partial charge in [0.2, 0.25) is 5.91 Å². The molecule has 1 aromatic heterocycles. The standard InChI is InChI=1S/C23H22ClN5O3/c1-23(2)8-7-15(12-29(23)22(31)32)21(30)26-20-17-10-14(4-6-19(17)27-28-20)16-9-13(11-25)3-5-18(16)24/h3-6,9-10,15H,7-8,12H2,1-2H3,(H,31,32)(H2,26,27,28,30). The molecule has 1 aliphatic heterocycles. The maximum absolute atomic E-state index is 12.9. The van der Waals surface area contributed by atoms with E-state index in [1.165, 1.54) is 4.90 Å². The first-order chi connectivity index (χ1) is 15.2. The summed E-state index contributed by atoms with van der Waals surface area (Å²) >= 11 is 6.35. The van der Waals surface area contributed by atoms with Crippen LogP contribution in [0, 0.1) is 17.2 Å². The summed E-state index contributed by atoms with van der Waals surface area (Å²) < 4.78 is 0. The number of rotatable bonds is 3. The number of halogens is 1. The monoisotopic (exact) mass is 451 g/mol. The minimum atomic E-state index is -1.03. The minimum Gasteiger partial charge on any atom is -0.465 e. The summed E-state index contributed by atoms with van der Waals surface area (Å²) in [4.78, 5) is 25.9. The average molecular weight is 452 g/mol. The van der Waals surface area contributed by atoms with E-state index in [9.17, 15) is 20.0 Å². The highest BCUT2D eigenvalue weighted by molar-refractivity contribution is 6.33. The maximum Gasteiger partial charge on any atom is 0.407 e. The Morgan fingerprint density at radius 3 is 2.81 bits per heavy atom. The Hall–Kier alpha value is -3.57. The van der Waals surface area contributed by atoms with Gasteiger partial charge in [0.05, 0.1) is 23.1 Å². The summed E-state index contributed by atoms with van der Waals surface area (Å²) in [6.45, 7) is 3.87. The lowest BCUT2D eigenvalue weighted by Gasteiger charge is -2.43. The van der Waals surface area contributed by atoms with Gasteiger partial charge in [-0.05, 0) is 62.6 Å². The molecule has 32 heavy (non-hydrogen) atoms. The summed E-state index contributed by atoms with van der Waals surface area (Å²) in [5, 5.41) is 29.9. The number of hydrogen-bond acceptors (Lipinski definition) is 4.